The highest BCUT2D eigenvalue weighted by atomic mass is 19.4. The van der Waals surface area contributed by atoms with Crippen molar-refractivity contribution in [2.75, 3.05) is 12.4 Å². The lowest BCUT2D eigenvalue weighted by Crippen LogP contribution is -2.49. The fourth-order valence-corrected chi connectivity index (χ4v) is 1.13. The van der Waals surface area contributed by atoms with Crippen LogP contribution in [0.5, 0.6) is 0 Å². The second-order valence-corrected chi connectivity index (χ2v) is 3.36. The highest BCUT2D eigenvalue weighted by Gasteiger charge is 2.52. The van der Waals surface area contributed by atoms with Crippen LogP contribution in [0.3, 0.4) is 0 Å². The average Bonchev–Trinajstić information content (AvgIpc) is 2.44. The molecule has 1 unspecified atom stereocenters. The van der Waals surface area contributed by atoms with Gasteiger partial charge in [-0.25, -0.2) is 0 Å². The van der Waals surface area contributed by atoms with E-state index in [1.165, 1.54) is 18.7 Å². The summed E-state index contributed by atoms with van der Waals surface area (Å²) in [5, 5.41) is 9.57. The summed E-state index contributed by atoms with van der Waals surface area (Å²) in [6.45, 7) is 0.858. The average molecular weight is 223 g/mol. The molecule has 0 radical (unpaired) electrons. The van der Waals surface area contributed by atoms with Crippen molar-refractivity contribution in [1.29, 1.82) is 0 Å². The first-order valence-corrected chi connectivity index (χ1v) is 4.15. The van der Waals surface area contributed by atoms with Gasteiger partial charge in [0.15, 0.2) is 11.4 Å². The van der Waals surface area contributed by atoms with E-state index in [0.717, 1.165) is 6.92 Å². The second kappa shape index (κ2) is 3.37. The molecule has 8 heteroatoms. The first kappa shape index (κ1) is 11.8. The van der Waals surface area contributed by atoms with E-state index in [1.807, 2.05) is 0 Å². The van der Waals surface area contributed by atoms with Crippen LogP contribution in [0.4, 0.5) is 19.1 Å². The van der Waals surface area contributed by atoms with Crippen LogP contribution in [0.25, 0.3) is 0 Å². The Bertz CT molecular complexity index is 354. The molecule has 0 aliphatic heterocycles. The zero-order valence-electron chi connectivity index (χ0n) is 8.55. The lowest BCUT2D eigenvalue weighted by Gasteiger charge is -2.26. The molecule has 0 aliphatic carbocycles. The first-order valence-electron chi connectivity index (χ1n) is 4.15. The fourth-order valence-electron chi connectivity index (χ4n) is 1.13. The minimum atomic E-state index is -4.57. The first-order chi connectivity index (χ1) is 6.71. The van der Waals surface area contributed by atoms with Crippen LogP contribution in [0.15, 0.2) is 0 Å². The topological polar surface area (TPSA) is 68.8 Å². The van der Waals surface area contributed by atoms with Gasteiger partial charge in [-0.1, -0.05) is 0 Å². The molecule has 0 saturated carbocycles. The van der Waals surface area contributed by atoms with Crippen molar-refractivity contribution in [3.63, 3.8) is 0 Å². The summed E-state index contributed by atoms with van der Waals surface area (Å²) >= 11 is 0. The largest absolute Gasteiger partial charge is 0.413 e. The number of nitrogens with zero attached hydrogens (tertiary/aromatic N) is 3. The maximum atomic E-state index is 12.6. The number of aromatic nitrogens is 3. The molecule has 1 heterocycles. The van der Waals surface area contributed by atoms with Gasteiger partial charge in [-0.2, -0.15) is 13.2 Å². The van der Waals surface area contributed by atoms with Gasteiger partial charge in [-0.15, -0.1) is 10.2 Å². The Morgan fingerprint density at radius 1 is 1.33 bits per heavy atom. The third kappa shape index (κ3) is 1.76. The van der Waals surface area contributed by atoms with Gasteiger partial charge in [-0.3, -0.25) is 4.57 Å². The predicted molar refractivity (Wildman–Crippen MR) is 48.1 cm³/mol. The van der Waals surface area contributed by atoms with Crippen molar-refractivity contribution >= 4 is 5.95 Å². The summed E-state index contributed by atoms with van der Waals surface area (Å²) in [6.07, 6.45) is -4.57. The van der Waals surface area contributed by atoms with Crippen LogP contribution < -0.4 is 11.1 Å². The van der Waals surface area contributed by atoms with E-state index in [4.69, 9.17) is 5.73 Å². The molecule has 1 aromatic rings. The SMILES string of the molecule is CNc1nnc(C(C)(N)C(F)(F)F)n1C. The number of anilines is 1. The van der Waals surface area contributed by atoms with Crippen LogP contribution in [0.1, 0.15) is 12.7 Å². The van der Waals surface area contributed by atoms with Gasteiger partial charge in [0.2, 0.25) is 5.95 Å². The van der Waals surface area contributed by atoms with Crippen molar-refractivity contribution in [1.82, 2.24) is 14.8 Å². The van der Waals surface area contributed by atoms with Gasteiger partial charge in [0.05, 0.1) is 0 Å². The predicted octanol–water partition coefficient (Wildman–Crippen LogP) is 0.593. The molecule has 0 aromatic carbocycles. The number of rotatable bonds is 2. The summed E-state index contributed by atoms with van der Waals surface area (Å²) in [7, 11) is 2.95. The molecule has 86 valence electrons. The van der Waals surface area contributed by atoms with Crippen LogP contribution in [-0.2, 0) is 12.6 Å². The van der Waals surface area contributed by atoms with Gasteiger partial charge in [0.25, 0.3) is 0 Å². The quantitative estimate of drug-likeness (QED) is 0.770. The lowest BCUT2D eigenvalue weighted by atomic mass is 10.0. The summed E-state index contributed by atoms with van der Waals surface area (Å²) in [4.78, 5) is 0. The second-order valence-electron chi connectivity index (χ2n) is 3.36. The Labute approximate surface area is 84.5 Å². The Balaban J connectivity index is 3.22. The molecular formula is C7H12F3N5. The highest BCUT2D eigenvalue weighted by molar-refractivity contribution is 5.26. The molecule has 3 N–H and O–H groups in total. The normalized spacial score (nSPS) is 16.2. The molecule has 15 heavy (non-hydrogen) atoms. The minimum absolute atomic E-state index is 0.228. The van der Waals surface area contributed by atoms with Gasteiger partial charge < -0.3 is 11.1 Å². The van der Waals surface area contributed by atoms with Crippen LogP contribution in [-0.4, -0.2) is 28.0 Å². The van der Waals surface area contributed by atoms with E-state index in [2.05, 4.69) is 15.5 Å². The fraction of sp³-hybridized carbons (Fsp3) is 0.714. The van der Waals surface area contributed by atoms with E-state index in [0.29, 0.717) is 0 Å². The van der Waals surface area contributed by atoms with Gasteiger partial charge in [0.1, 0.15) is 0 Å². The van der Waals surface area contributed by atoms with E-state index in [1.54, 1.807) is 0 Å². The molecule has 1 aromatic heterocycles. The molecule has 0 aliphatic rings. The number of hydrogen-bond acceptors (Lipinski definition) is 4. The zero-order valence-corrected chi connectivity index (χ0v) is 8.55. The third-order valence-corrected chi connectivity index (χ3v) is 2.15. The summed E-state index contributed by atoms with van der Waals surface area (Å²) in [6, 6.07) is 0. The van der Waals surface area contributed by atoms with Crippen molar-refractivity contribution in [3.8, 4) is 0 Å². The van der Waals surface area contributed by atoms with E-state index >= 15 is 0 Å². The maximum Gasteiger partial charge on any atom is 0.413 e. The number of nitrogens with one attached hydrogen (secondary N) is 1. The summed E-state index contributed by atoms with van der Waals surface area (Å²) in [5.41, 5.74) is 2.70. The summed E-state index contributed by atoms with van der Waals surface area (Å²) in [5.74, 6) is -0.106. The van der Waals surface area contributed by atoms with Crippen molar-refractivity contribution in [2.24, 2.45) is 12.8 Å². The molecule has 5 nitrogen and oxygen atoms in total. The molecule has 0 spiro atoms. The van der Waals surface area contributed by atoms with Crippen LogP contribution in [0.2, 0.25) is 0 Å². The number of nitrogens with two attached hydrogens (primary N) is 1. The number of halogens is 3. The van der Waals surface area contributed by atoms with Crippen LogP contribution >= 0.6 is 0 Å². The minimum Gasteiger partial charge on any atom is -0.357 e. The molecule has 1 atom stereocenters. The molecule has 0 amide bonds. The Kier molecular flexibility index (Phi) is 2.64. The van der Waals surface area contributed by atoms with Crippen LogP contribution in [0, 0.1) is 0 Å². The molecule has 1 rings (SSSR count). The number of alkyl halides is 3. The molecular weight excluding hydrogens is 211 g/mol. The van der Waals surface area contributed by atoms with E-state index in [-0.39, 0.29) is 11.8 Å². The van der Waals surface area contributed by atoms with Gasteiger partial charge in [0, 0.05) is 14.1 Å². The summed E-state index contributed by atoms with van der Waals surface area (Å²) < 4.78 is 38.9. The van der Waals surface area contributed by atoms with E-state index < -0.39 is 11.7 Å². The van der Waals surface area contributed by atoms with Gasteiger partial charge in [-0.05, 0) is 6.92 Å². The Morgan fingerprint density at radius 2 is 1.87 bits per heavy atom. The van der Waals surface area contributed by atoms with Crippen molar-refractivity contribution < 1.29 is 13.2 Å². The Hall–Kier alpha value is -1.31. The molecule has 0 saturated heterocycles. The smallest absolute Gasteiger partial charge is 0.357 e. The highest BCUT2D eigenvalue weighted by Crippen LogP contribution is 2.35. The van der Waals surface area contributed by atoms with E-state index in [9.17, 15) is 13.2 Å². The van der Waals surface area contributed by atoms with Crippen molar-refractivity contribution in [3.05, 3.63) is 5.82 Å². The monoisotopic (exact) mass is 223 g/mol. The zero-order chi connectivity index (χ0) is 11.9. The standard InChI is InChI=1S/C7H12F3N5/c1-6(11,7(8,9)10)4-13-14-5(12-2)15(4)3/h11H2,1-3H3,(H,12,14). The molecule has 0 fully saturated rings. The number of hydrogen-bond donors (Lipinski definition) is 2. The lowest BCUT2D eigenvalue weighted by molar-refractivity contribution is -0.186. The third-order valence-electron chi connectivity index (χ3n) is 2.15. The Morgan fingerprint density at radius 3 is 2.20 bits per heavy atom. The van der Waals surface area contributed by atoms with Gasteiger partial charge >= 0.3 is 6.18 Å². The molecule has 0 bridgehead atoms. The maximum absolute atomic E-state index is 12.6. The van der Waals surface area contributed by atoms with Crippen molar-refractivity contribution in [2.45, 2.75) is 18.6 Å².